The lowest BCUT2D eigenvalue weighted by molar-refractivity contribution is 0.0519. The molecule has 2 rings (SSSR count). The maximum absolute atomic E-state index is 11.7. The third-order valence-corrected chi connectivity index (χ3v) is 3.75. The summed E-state index contributed by atoms with van der Waals surface area (Å²) in [4.78, 5) is 14.0. The predicted octanol–water partition coefficient (Wildman–Crippen LogP) is 3.19. The van der Waals surface area contributed by atoms with Gasteiger partial charge in [-0.1, -0.05) is 0 Å². The van der Waals surface area contributed by atoms with Crippen LogP contribution in [0.3, 0.4) is 0 Å². The normalized spacial score (nSPS) is 21.2. The summed E-state index contributed by atoms with van der Waals surface area (Å²) in [5.41, 5.74) is -0.445. The van der Waals surface area contributed by atoms with Crippen LogP contribution in [0.1, 0.15) is 45.9 Å². The van der Waals surface area contributed by atoms with Gasteiger partial charge in [0.1, 0.15) is 11.4 Å². The Morgan fingerprint density at radius 1 is 1.57 bits per heavy atom. The summed E-state index contributed by atoms with van der Waals surface area (Å²) in [7, 11) is 0. The first kappa shape index (κ1) is 15.9. The fraction of sp³-hybridized carbons (Fsp3) is 0.688. The lowest BCUT2D eigenvalue weighted by atomic mass is 10.1. The van der Waals surface area contributed by atoms with Crippen LogP contribution in [0.15, 0.2) is 22.8 Å². The Morgan fingerprint density at radius 3 is 2.95 bits per heavy atom. The summed E-state index contributed by atoms with van der Waals surface area (Å²) in [6.45, 7) is 10.4. The van der Waals surface area contributed by atoms with Crippen LogP contribution in [-0.2, 0) is 4.74 Å². The van der Waals surface area contributed by atoms with Crippen molar-refractivity contribution in [1.29, 1.82) is 0 Å². The Kier molecular flexibility index (Phi) is 4.93. The van der Waals surface area contributed by atoms with Crippen molar-refractivity contribution in [3.8, 4) is 0 Å². The van der Waals surface area contributed by atoms with Crippen LogP contribution in [0.5, 0.6) is 0 Å². The molecule has 1 aromatic heterocycles. The molecular weight excluding hydrogens is 268 g/mol. The molecule has 1 N–H and O–H groups in total. The van der Waals surface area contributed by atoms with Gasteiger partial charge in [0, 0.05) is 13.1 Å². The number of nitrogens with zero attached hydrogens (tertiary/aromatic N) is 1. The summed E-state index contributed by atoms with van der Waals surface area (Å²) in [5.74, 6) is 1.46. The van der Waals surface area contributed by atoms with Crippen molar-refractivity contribution in [3.63, 3.8) is 0 Å². The maximum Gasteiger partial charge on any atom is 0.407 e. The van der Waals surface area contributed by atoms with Crippen LogP contribution in [0.2, 0.25) is 0 Å². The molecule has 0 aliphatic carbocycles. The van der Waals surface area contributed by atoms with Gasteiger partial charge in [0.05, 0.1) is 12.3 Å². The Hall–Kier alpha value is -1.49. The third-order valence-electron chi connectivity index (χ3n) is 3.75. The van der Waals surface area contributed by atoms with Crippen molar-refractivity contribution in [1.82, 2.24) is 10.2 Å². The molecule has 21 heavy (non-hydrogen) atoms. The molecule has 0 radical (unpaired) electrons. The molecule has 0 unspecified atom stereocenters. The zero-order valence-electron chi connectivity index (χ0n) is 13.4. The molecule has 1 fully saturated rings. The van der Waals surface area contributed by atoms with Gasteiger partial charge in [-0.2, -0.15) is 0 Å². The molecule has 0 saturated carbocycles. The third kappa shape index (κ3) is 4.77. The van der Waals surface area contributed by atoms with Gasteiger partial charge in [0.2, 0.25) is 0 Å². The lowest BCUT2D eigenvalue weighted by Crippen LogP contribution is -2.36. The van der Waals surface area contributed by atoms with Crippen LogP contribution in [0.4, 0.5) is 4.79 Å². The van der Waals surface area contributed by atoms with Crippen molar-refractivity contribution in [2.75, 3.05) is 19.6 Å². The number of carbonyl (C=O) groups is 1. The van der Waals surface area contributed by atoms with E-state index in [9.17, 15) is 4.79 Å². The standard InChI is InChI=1S/C16H26N2O3/c1-12(14-6-5-9-20-14)18-8-7-13(11-18)10-17-15(19)21-16(2,3)4/h5-6,9,12-13H,7-8,10-11H2,1-4H3,(H,17,19)/t12-,13+/m0/s1. The second-order valence-corrected chi connectivity index (χ2v) is 6.72. The second kappa shape index (κ2) is 6.52. The monoisotopic (exact) mass is 294 g/mol. The zero-order valence-corrected chi connectivity index (χ0v) is 13.4. The van der Waals surface area contributed by atoms with E-state index in [4.69, 9.17) is 9.15 Å². The lowest BCUT2D eigenvalue weighted by Gasteiger charge is -2.23. The van der Waals surface area contributed by atoms with E-state index in [1.807, 2.05) is 32.9 Å². The van der Waals surface area contributed by atoms with E-state index < -0.39 is 5.60 Å². The number of nitrogens with one attached hydrogen (secondary N) is 1. The molecule has 2 heterocycles. The van der Waals surface area contributed by atoms with Crippen molar-refractivity contribution < 1.29 is 13.9 Å². The van der Waals surface area contributed by atoms with Crippen molar-refractivity contribution in [2.45, 2.75) is 45.8 Å². The number of amides is 1. The van der Waals surface area contributed by atoms with Crippen LogP contribution >= 0.6 is 0 Å². The van der Waals surface area contributed by atoms with Crippen LogP contribution < -0.4 is 5.32 Å². The maximum atomic E-state index is 11.7. The SMILES string of the molecule is C[C@@H](c1ccco1)N1CC[C@H](CNC(=O)OC(C)(C)C)C1. The molecule has 1 aliphatic heterocycles. The Labute approximate surface area is 126 Å². The Bertz CT molecular complexity index is 451. The summed E-state index contributed by atoms with van der Waals surface area (Å²) < 4.78 is 10.7. The molecule has 1 saturated heterocycles. The summed E-state index contributed by atoms with van der Waals surface area (Å²) in [6.07, 6.45) is 2.46. The first-order valence-corrected chi connectivity index (χ1v) is 7.59. The molecule has 0 spiro atoms. The van der Waals surface area contributed by atoms with E-state index >= 15 is 0 Å². The number of ether oxygens (including phenoxy) is 1. The van der Waals surface area contributed by atoms with Crippen LogP contribution in [-0.4, -0.2) is 36.2 Å². The number of hydrogen-bond acceptors (Lipinski definition) is 4. The number of likely N-dealkylation sites (tertiary alicyclic amines) is 1. The highest BCUT2D eigenvalue weighted by Crippen LogP contribution is 2.27. The first-order valence-electron chi connectivity index (χ1n) is 7.59. The van der Waals surface area contributed by atoms with Gasteiger partial charge < -0.3 is 14.5 Å². The minimum atomic E-state index is -0.445. The highest BCUT2D eigenvalue weighted by atomic mass is 16.6. The van der Waals surface area contributed by atoms with Gasteiger partial charge in [0.15, 0.2) is 0 Å². The summed E-state index contributed by atoms with van der Waals surface area (Å²) in [6, 6.07) is 4.21. The average molecular weight is 294 g/mol. The minimum absolute atomic E-state index is 0.284. The Balaban J connectivity index is 1.74. The van der Waals surface area contributed by atoms with E-state index in [0.29, 0.717) is 12.5 Å². The van der Waals surface area contributed by atoms with Gasteiger partial charge in [-0.15, -0.1) is 0 Å². The number of carbonyl (C=O) groups excluding carboxylic acids is 1. The van der Waals surface area contributed by atoms with E-state index in [1.165, 1.54) is 0 Å². The van der Waals surface area contributed by atoms with Crippen molar-refractivity contribution in [2.24, 2.45) is 5.92 Å². The molecule has 2 atom stereocenters. The van der Waals surface area contributed by atoms with E-state index in [1.54, 1.807) is 6.26 Å². The van der Waals surface area contributed by atoms with Crippen molar-refractivity contribution >= 4 is 6.09 Å². The molecule has 1 aliphatic rings. The van der Waals surface area contributed by atoms with Gasteiger partial charge in [-0.25, -0.2) is 4.79 Å². The number of rotatable bonds is 4. The van der Waals surface area contributed by atoms with E-state index in [-0.39, 0.29) is 12.1 Å². The second-order valence-electron chi connectivity index (χ2n) is 6.72. The molecular formula is C16H26N2O3. The number of alkyl carbamates (subject to hydrolysis) is 1. The fourth-order valence-corrected chi connectivity index (χ4v) is 2.63. The van der Waals surface area contributed by atoms with Gasteiger partial charge in [-0.05, 0) is 58.7 Å². The molecule has 5 heteroatoms. The quantitative estimate of drug-likeness (QED) is 0.926. The van der Waals surface area contributed by atoms with Gasteiger partial charge in [-0.3, -0.25) is 4.90 Å². The summed E-state index contributed by atoms with van der Waals surface area (Å²) in [5, 5.41) is 2.86. The molecule has 1 amide bonds. The van der Waals surface area contributed by atoms with Crippen LogP contribution in [0.25, 0.3) is 0 Å². The average Bonchev–Trinajstić information content (AvgIpc) is 3.05. The smallest absolute Gasteiger partial charge is 0.407 e. The number of furan rings is 1. The van der Waals surface area contributed by atoms with Crippen LogP contribution in [0, 0.1) is 5.92 Å². The molecule has 118 valence electrons. The van der Waals surface area contributed by atoms with E-state index in [2.05, 4.69) is 17.1 Å². The first-order chi connectivity index (χ1) is 9.85. The van der Waals surface area contributed by atoms with Gasteiger partial charge >= 0.3 is 6.09 Å². The highest BCUT2D eigenvalue weighted by Gasteiger charge is 2.28. The largest absolute Gasteiger partial charge is 0.468 e. The van der Waals surface area contributed by atoms with Crippen molar-refractivity contribution in [3.05, 3.63) is 24.2 Å². The topological polar surface area (TPSA) is 54.7 Å². The zero-order chi connectivity index (χ0) is 15.5. The highest BCUT2D eigenvalue weighted by molar-refractivity contribution is 5.67. The fourth-order valence-electron chi connectivity index (χ4n) is 2.63. The predicted molar refractivity (Wildman–Crippen MR) is 81.0 cm³/mol. The molecule has 0 aromatic carbocycles. The summed E-state index contributed by atoms with van der Waals surface area (Å²) >= 11 is 0. The van der Waals surface area contributed by atoms with Gasteiger partial charge in [0.25, 0.3) is 0 Å². The number of hydrogen-bond donors (Lipinski definition) is 1. The molecule has 0 bridgehead atoms. The Morgan fingerprint density at radius 2 is 2.33 bits per heavy atom. The molecule has 1 aromatic rings. The minimum Gasteiger partial charge on any atom is -0.468 e. The molecule has 5 nitrogen and oxygen atoms in total. The van der Waals surface area contributed by atoms with E-state index in [0.717, 1.165) is 25.3 Å².